The van der Waals surface area contributed by atoms with E-state index in [0.717, 1.165) is 11.1 Å². The van der Waals surface area contributed by atoms with Gasteiger partial charge < -0.3 is 10.5 Å². The molecule has 2 N–H and O–H groups in total. The summed E-state index contributed by atoms with van der Waals surface area (Å²) in [6, 6.07) is 3.66. The molecule has 0 aliphatic heterocycles. The Hall–Kier alpha value is -2.14. The lowest BCUT2D eigenvalue weighted by Gasteiger charge is -2.13. The molecule has 0 saturated carbocycles. The summed E-state index contributed by atoms with van der Waals surface area (Å²) in [6.07, 6.45) is 1.65. The Morgan fingerprint density at radius 2 is 2.00 bits per heavy atom. The van der Waals surface area contributed by atoms with Gasteiger partial charge in [0, 0.05) is 5.56 Å². The van der Waals surface area contributed by atoms with Gasteiger partial charge in [-0.1, -0.05) is 18.5 Å². The first-order valence-electron chi connectivity index (χ1n) is 7.21. The van der Waals surface area contributed by atoms with Gasteiger partial charge in [0.1, 0.15) is 23.7 Å². The van der Waals surface area contributed by atoms with E-state index in [1.54, 1.807) is 27.0 Å². The smallest absolute Gasteiger partial charge is 0.138 e. The highest BCUT2D eigenvalue weighted by Gasteiger charge is 2.15. The van der Waals surface area contributed by atoms with Crippen molar-refractivity contribution in [3.05, 3.63) is 40.5 Å². The second-order valence-corrected chi connectivity index (χ2v) is 5.50. The van der Waals surface area contributed by atoms with Crippen LogP contribution in [-0.4, -0.2) is 17.1 Å². The molecule has 0 unspecified atom stereocenters. The molecule has 0 radical (unpaired) electrons. The van der Waals surface area contributed by atoms with Gasteiger partial charge in [0.15, 0.2) is 0 Å². The lowest BCUT2D eigenvalue weighted by atomic mass is 9.98. The summed E-state index contributed by atoms with van der Waals surface area (Å²) in [5.74, 6) is 0.588. The van der Waals surface area contributed by atoms with Gasteiger partial charge in [0.05, 0.1) is 23.0 Å². The summed E-state index contributed by atoms with van der Waals surface area (Å²) in [4.78, 5) is 8.33. The van der Waals surface area contributed by atoms with Crippen molar-refractivity contribution in [3.8, 4) is 5.75 Å². The first-order chi connectivity index (χ1) is 10.9. The molecule has 2 rings (SSSR count). The Labute approximate surface area is 139 Å². The number of anilines is 1. The molecular formula is C17H19ClFN3O. The first kappa shape index (κ1) is 17.2. The predicted molar refractivity (Wildman–Crippen MR) is 93.0 cm³/mol. The van der Waals surface area contributed by atoms with E-state index in [2.05, 4.69) is 9.97 Å². The summed E-state index contributed by atoms with van der Waals surface area (Å²) in [5, 5.41) is 0.770. The van der Waals surface area contributed by atoms with Crippen LogP contribution in [0.25, 0.3) is 16.5 Å². The third kappa shape index (κ3) is 3.15. The summed E-state index contributed by atoms with van der Waals surface area (Å²) in [6.45, 7) is 5.38. The maximum atomic E-state index is 13.8. The zero-order valence-electron chi connectivity index (χ0n) is 13.6. The molecule has 4 nitrogen and oxygen atoms in total. The highest BCUT2D eigenvalue weighted by Crippen LogP contribution is 2.36. The SMILES string of the molecule is CC/C(F)=C(Cl)\C(C)=C(/C)c1ccc(OC)c2c(N)ncnc12. The second-order valence-electron chi connectivity index (χ2n) is 5.12. The first-order valence-corrected chi connectivity index (χ1v) is 7.59. The zero-order valence-corrected chi connectivity index (χ0v) is 14.3. The summed E-state index contributed by atoms with van der Waals surface area (Å²) >= 11 is 6.13. The molecular weight excluding hydrogens is 317 g/mol. The maximum absolute atomic E-state index is 13.8. The number of fused-ring (bicyclic) bond motifs is 1. The molecule has 0 amide bonds. The number of hydrogen-bond donors (Lipinski definition) is 1. The van der Waals surface area contributed by atoms with Gasteiger partial charge >= 0.3 is 0 Å². The number of nitrogens with zero attached hydrogens (tertiary/aromatic N) is 2. The van der Waals surface area contributed by atoms with Gasteiger partial charge in [-0.05, 0) is 43.5 Å². The highest BCUT2D eigenvalue weighted by molar-refractivity contribution is 6.32. The van der Waals surface area contributed by atoms with Crippen molar-refractivity contribution < 1.29 is 9.13 Å². The molecule has 1 aromatic heterocycles. The van der Waals surface area contributed by atoms with Crippen molar-refractivity contribution in [2.45, 2.75) is 27.2 Å². The summed E-state index contributed by atoms with van der Waals surface area (Å²) < 4.78 is 19.1. The molecule has 0 aliphatic rings. The number of rotatable bonds is 4. The van der Waals surface area contributed by atoms with Crippen LogP contribution in [0.2, 0.25) is 0 Å². The van der Waals surface area contributed by atoms with Crippen molar-refractivity contribution >= 4 is 33.9 Å². The number of benzene rings is 1. The number of aromatic nitrogens is 2. The average molecular weight is 336 g/mol. The Bertz CT molecular complexity index is 815. The van der Waals surface area contributed by atoms with Crippen LogP contribution in [0.3, 0.4) is 0 Å². The number of halogens is 2. The molecule has 122 valence electrons. The molecule has 2 aromatic rings. The largest absolute Gasteiger partial charge is 0.496 e. The van der Waals surface area contributed by atoms with E-state index in [1.165, 1.54) is 6.33 Å². The lowest BCUT2D eigenvalue weighted by molar-refractivity contribution is 0.420. The third-order valence-corrected chi connectivity index (χ3v) is 4.33. The van der Waals surface area contributed by atoms with Crippen LogP contribution < -0.4 is 10.5 Å². The Kier molecular flexibility index (Phi) is 5.21. The van der Waals surface area contributed by atoms with E-state index in [1.807, 2.05) is 13.0 Å². The van der Waals surface area contributed by atoms with Crippen LogP contribution >= 0.6 is 11.6 Å². The van der Waals surface area contributed by atoms with E-state index < -0.39 is 0 Å². The van der Waals surface area contributed by atoms with Crippen LogP contribution in [0, 0.1) is 0 Å². The minimum Gasteiger partial charge on any atom is -0.496 e. The lowest BCUT2D eigenvalue weighted by Crippen LogP contribution is -1.99. The quantitative estimate of drug-likeness (QED) is 0.812. The van der Waals surface area contributed by atoms with Gasteiger partial charge in [0.2, 0.25) is 0 Å². The van der Waals surface area contributed by atoms with Gasteiger partial charge in [-0.3, -0.25) is 0 Å². The van der Waals surface area contributed by atoms with Crippen LogP contribution in [0.15, 0.2) is 34.9 Å². The molecule has 0 aliphatic carbocycles. The molecule has 0 bridgehead atoms. The number of allylic oxidation sites excluding steroid dienone is 4. The van der Waals surface area contributed by atoms with Crippen molar-refractivity contribution in [3.63, 3.8) is 0 Å². The summed E-state index contributed by atoms with van der Waals surface area (Å²) in [7, 11) is 1.56. The average Bonchev–Trinajstić information content (AvgIpc) is 2.58. The number of ether oxygens (including phenoxy) is 1. The number of methoxy groups -OCH3 is 1. The summed E-state index contributed by atoms with van der Waals surface area (Å²) in [5.41, 5.74) is 8.91. The number of nitrogen functional groups attached to an aromatic ring is 1. The van der Waals surface area contributed by atoms with Crippen LogP contribution in [0.4, 0.5) is 10.2 Å². The number of hydrogen-bond acceptors (Lipinski definition) is 4. The zero-order chi connectivity index (χ0) is 17.1. The van der Waals surface area contributed by atoms with E-state index in [4.69, 9.17) is 22.1 Å². The van der Waals surface area contributed by atoms with Crippen molar-refractivity contribution in [1.29, 1.82) is 0 Å². The monoisotopic (exact) mass is 335 g/mol. The maximum Gasteiger partial charge on any atom is 0.138 e. The molecule has 0 spiro atoms. The Morgan fingerprint density at radius 1 is 1.30 bits per heavy atom. The van der Waals surface area contributed by atoms with Crippen LogP contribution in [0.5, 0.6) is 5.75 Å². The van der Waals surface area contributed by atoms with E-state index in [-0.39, 0.29) is 17.3 Å². The Morgan fingerprint density at radius 3 is 2.61 bits per heavy atom. The molecule has 0 saturated heterocycles. The van der Waals surface area contributed by atoms with Crippen molar-refractivity contribution in [1.82, 2.24) is 9.97 Å². The predicted octanol–water partition coefficient (Wildman–Crippen LogP) is 4.84. The minimum absolute atomic E-state index is 0.135. The molecule has 0 atom stereocenters. The molecule has 1 heterocycles. The molecule has 0 fully saturated rings. The van der Waals surface area contributed by atoms with Gasteiger partial charge in [-0.15, -0.1) is 0 Å². The topological polar surface area (TPSA) is 61.0 Å². The Balaban J connectivity index is 2.77. The van der Waals surface area contributed by atoms with Crippen LogP contribution in [0.1, 0.15) is 32.8 Å². The minimum atomic E-state index is -0.338. The van der Waals surface area contributed by atoms with Crippen molar-refractivity contribution in [2.24, 2.45) is 0 Å². The normalized spacial score (nSPS) is 13.7. The van der Waals surface area contributed by atoms with Gasteiger partial charge in [-0.2, -0.15) is 0 Å². The third-order valence-electron chi connectivity index (χ3n) is 3.84. The van der Waals surface area contributed by atoms with E-state index in [0.29, 0.717) is 28.0 Å². The number of nitrogens with two attached hydrogens (primary N) is 1. The van der Waals surface area contributed by atoms with E-state index >= 15 is 0 Å². The van der Waals surface area contributed by atoms with E-state index in [9.17, 15) is 4.39 Å². The molecule has 1 aromatic carbocycles. The van der Waals surface area contributed by atoms with Gasteiger partial charge in [-0.25, -0.2) is 14.4 Å². The standard InChI is InChI=1S/C17H19ClFN3O/c1-5-12(19)15(18)10(3)9(2)11-6-7-13(23-4)14-16(11)21-8-22-17(14)20/h6-8H,5H2,1-4H3,(H2,20,21,22)/b10-9+,15-12-. The fourth-order valence-corrected chi connectivity index (χ4v) is 2.64. The van der Waals surface area contributed by atoms with Crippen molar-refractivity contribution in [2.75, 3.05) is 12.8 Å². The molecule has 6 heteroatoms. The van der Waals surface area contributed by atoms with Gasteiger partial charge in [0.25, 0.3) is 0 Å². The van der Waals surface area contributed by atoms with Crippen LogP contribution in [-0.2, 0) is 0 Å². The second kappa shape index (κ2) is 6.96. The fourth-order valence-electron chi connectivity index (χ4n) is 2.37. The highest BCUT2D eigenvalue weighted by atomic mass is 35.5. The molecule has 23 heavy (non-hydrogen) atoms. The fraction of sp³-hybridized carbons (Fsp3) is 0.294.